The van der Waals surface area contributed by atoms with Gasteiger partial charge in [0.2, 0.25) is 5.89 Å². The van der Waals surface area contributed by atoms with Gasteiger partial charge in [-0.25, -0.2) is 9.78 Å². The molecule has 0 aliphatic carbocycles. The Hall–Kier alpha value is -2.15. The third-order valence-corrected chi connectivity index (χ3v) is 2.78. The van der Waals surface area contributed by atoms with Crippen LogP contribution in [-0.2, 0) is 27.2 Å². The largest absolute Gasteiger partial charge is 0.445 e. The number of aryl methyl sites for hydroxylation is 2. The number of rotatable bonds is 4. The van der Waals surface area contributed by atoms with E-state index < -0.39 is 0 Å². The first-order chi connectivity index (χ1) is 8.99. The molecule has 19 heavy (non-hydrogen) atoms. The van der Waals surface area contributed by atoms with E-state index in [1.54, 1.807) is 19.4 Å². The number of nitrogens with one attached hydrogen (secondary N) is 1. The smallest absolute Gasteiger partial charge is 0.330 e. The molecule has 1 N–H and O–H groups in total. The molecular formula is C12H16N4O3. The summed E-state index contributed by atoms with van der Waals surface area (Å²) < 4.78 is 7.78. The summed E-state index contributed by atoms with van der Waals surface area (Å²) in [7, 11) is 3.08. The van der Waals surface area contributed by atoms with Crippen LogP contribution in [-0.4, -0.2) is 14.1 Å². The molecule has 0 saturated heterocycles. The minimum atomic E-state index is -0.336. The maximum Gasteiger partial charge on any atom is 0.330 e. The van der Waals surface area contributed by atoms with Crippen LogP contribution in [0.2, 0.25) is 0 Å². The average molecular weight is 264 g/mol. The predicted molar refractivity (Wildman–Crippen MR) is 68.7 cm³/mol. The van der Waals surface area contributed by atoms with Gasteiger partial charge in [-0.05, 0) is 6.92 Å². The van der Waals surface area contributed by atoms with Crippen molar-refractivity contribution in [3.8, 4) is 0 Å². The van der Waals surface area contributed by atoms with E-state index in [2.05, 4.69) is 10.3 Å². The molecule has 0 saturated carbocycles. The van der Waals surface area contributed by atoms with E-state index in [-0.39, 0.29) is 11.2 Å². The molecule has 0 aliphatic heterocycles. The first-order valence-corrected chi connectivity index (χ1v) is 5.86. The lowest BCUT2D eigenvalue weighted by Gasteiger charge is -2.06. The lowest BCUT2D eigenvalue weighted by molar-refractivity contribution is 0.448. The summed E-state index contributed by atoms with van der Waals surface area (Å²) in [6.45, 7) is 2.60. The molecule has 0 atom stereocenters. The normalized spacial score (nSPS) is 10.9. The lowest BCUT2D eigenvalue weighted by Crippen LogP contribution is -2.39. The fourth-order valence-corrected chi connectivity index (χ4v) is 1.79. The Balaban J connectivity index is 2.08. The van der Waals surface area contributed by atoms with E-state index in [1.807, 2.05) is 6.92 Å². The predicted octanol–water partition coefficient (Wildman–Crippen LogP) is -0.330. The number of hydrogen-bond donors (Lipinski definition) is 1. The van der Waals surface area contributed by atoms with Crippen molar-refractivity contribution in [1.82, 2.24) is 19.4 Å². The van der Waals surface area contributed by atoms with Crippen molar-refractivity contribution >= 4 is 0 Å². The van der Waals surface area contributed by atoms with E-state index in [1.165, 1.54) is 11.6 Å². The summed E-state index contributed by atoms with van der Waals surface area (Å²) in [4.78, 5) is 27.4. The lowest BCUT2D eigenvalue weighted by atomic mass is 10.3. The van der Waals surface area contributed by atoms with Crippen molar-refractivity contribution in [2.75, 3.05) is 0 Å². The highest BCUT2D eigenvalue weighted by Gasteiger charge is 2.07. The monoisotopic (exact) mass is 264 g/mol. The van der Waals surface area contributed by atoms with Crippen LogP contribution in [0.5, 0.6) is 0 Å². The van der Waals surface area contributed by atoms with Gasteiger partial charge in [-0.15, -0.1) is 0 Å². The molecule has 0 spiro atoms. The average Bonchev–Trinajstić information content (AvgIpc) is 2.79. The number of nitrogens with zero attached hydrogens (tertiary/aromatic N) is 3. The van der Waals surface area contributed by atoms with Gasteiger partial charge in [-0.2, -0.15) is 0 Å². The van der Waals surface area contributed by atoms with Gasteiger partial charge in [0.15, 0.2) is 0 Å². The van der Waals surface area contributed by atoms with Crippen LogP contribution in [0.4, 0.5) is 0 Å². The Morgan fingerprint density at radius 1 is 1.32 bits per heavy atom. The van der Waals surface area contributed by atoms with E-state index in [4.69, 9.17) is 4.42 Å². The maximum atomic E-state index is 11.9. The first-order valence-electron chi connectivity index (χ1n) is 5.86. The Bertz CT molecular complexity index is 696. The molecule has 2 heterocycles. The van der Waals surface area contributed by atoms with E-state index >= 15 is 0 Å². The van der Waals surface area contributed by atoms with Gasteiger partial charge < -0.3 is 14.3 Å². The number of hydrogen-bond acceptors (Lipinski definition) is 5. The standard InChI is InChI=1S/C12H16N4O3/c1-8-4-14-10(19-8)6-13-5-9-7-15(2)12(18)16(3)11(9)17/h4,7,13H,5-6H2,1-3H3. The molecule has 0 aromatic carbocycles. The summed E-state index contributed by atoms with van der Waals surface area (Å²) in [6, 6.07) is 0. The van der Waals surface area contributed by atoms with Gasteiger partial charge in [-0.3, -0.25) is 9.36 Å². The van der Waals surface area contributed by atoms with Crippen LogP contribution >= 0.6 is 0 Å². The van der Waals surface area contributed by atoms with Crippen LogP contribution < -0.4 is 16.6 Å². The summed E-state index contributed by atoms with van der Waals surface area (Å²) in [6.07, 6.45) is 3.18. The second kappa shape index (κ2) is 5.23. The van der Waals surface area contributed by atoms with Gasteiger partial charge >= 0.3 is 5.69 Å². The molecule has 2 rings (SSSR count). The molecule has 7 nitrogen and oxygen atoms in total. The van der Waals surface area contributed by atoms with Crippen LogP contribution in [0.3, 0.4) is 0 Å². The third-order valence-electron chi connectivity index (χ3n) is 2.78. The summed E-state index contributed by atoms with van der Waals surface area (Å²) in [5, 5.41) is 3.06. The van der Waals surface area contributed by atoms with Gasteiger partial charge in [0.25, 0.3) is 5.56 Å². The van der Waals surface area contributed by atoms with Gasteiger partial charge in [0.1, 0.15) is 5.76 Å². The van der Waals surface area contributed by atoms with Crippen LogP contribution in [0.25, 0.3) is 0 Å². The summed E-state index contributed by atoms with van der Waals surface area (Å²) >= 11 is 0. The van der Waals surface area contributed by atoms with Gasteiger partial charge in [0.05, 0.1) is 12.7 Å². The van der Waals surface area contributed by atoms with Crippen molar-refractivity contribution in [3.05, 3.63) is 50.4 Å². The molecule has 0 aliphatic rings. The number of oxazole rings is 1. The molecule has 0 amide bonds. The van der Waals surface area contributed by atoms with Gasteiger partial charge in [0, 0.05) is 32.4 Å². The van der Waals surface area contributed by atoms with E-state index in [0.29, 0.717) is 24.5 Å². The summed E-state index contributed by atoms with van der Waals surface area (Å²) in [5.74, 6) is 1.31. The fourth-order valence-electron chi connectivity index (χ4n) is 1.79. The Morgan fingerprint density at radius 3 is 2.68 bits per heavy atom. The maximum absolute atomic E-state index is 11.9. The fraction of sp³-hybridized carbons (Fsp3) is 0.417. The van der Waals surface area contributed by atoms with Crippen molar-refractivity contribution in [1.29, 1.82) is 0 Å². The molecule has 102 valence electrons. The van der Waals surface area contributed by atoms with Crippen LogP contribution in [0, 0.1) is 6.92 Å². The first kappa shape index (κ1) is 13.3. The highest BCUT2D eigenvalue weighted by Crippen LogP contribution is 2.00. The minimum Gasteiger partial charge on any atom is -0.445 e. The zero-order chi connectivity index (χ0) is 14.0. The van der Waals surface area contributed by atoms with Crippen molar-refractivity contribution in [2.24, 2.45) is 14.1 Å². The number of aromatic nitrogens is 3. The molecule has 0 radical (unpaired) electrons. The minimum absolute atomic E-state index is 0.292. The second-order valence-electron chi connectivity index (χ2n) is 4.38. The topological polar surface area (TPSA) is 82.1 Å². The van der Waals surface area contributed by atoms with E-state index in [0.717, 1.165) is 10.3 Å². The molecule has 2 aromatic heterocycles. The van der Waals surface area contributed by atoms with Gasteiger partial charge in [-0.1, -0.05) is 0 Å². The highest BCUT2D eigenvalue weighted by atomic mass is 16.4. The highest BCUT2D eigenvalue weighted by molar-refractivity contribution is 5.05. The molecule has 0 unspecified atom stereocenters. The molecule has 2 aromatic rings. The zero-order valence-electron chi connectivity index (χ0n) is 11.1. The Kier molecular flexibility index (Phi) is 3.66. The molecule has 0 bridgehead atoms. The van der Waals surface area contributed by atoms with Crippen molar-refractivity contribution in [3.63, 3.8) is 0 Å². The van der Waals surface area contributed by atoms with Crippen LogP contribution in [0.1, 0.15) is 17.2 Å². The molecular weight excluding hydrogens is 248 g/mol. The third kappa shape index (κ3) is 2.82. The Labute approximate surface area is 109 Å². The molecule has 0 fully saturated rings. The van der Waals surface area contributed by atoms with Crippen molar-refractivity contribution in [2.45, 2.75) is 20.0 Å². The second-order valence-corrected chi connectivity index (χ2v) is 4.38. The quantitative estimate of drug-likeness (QED) is 0.817. The Morgan fingerprint density at radius 2 is 2.05 bits per heavy atom. The molecule has 7 heteroatoms. The summed E-state index contributed by atoms with van der Waals surface area (Å²) in [5.41, 5.74) is -0.107. The SMILES string of the molecule is Cc1cnc(CNCc2cn(C)c(=O)n(C)c2=O)o1. The van der Waals surface area contributed by atoms with E-state index in [9.17, 15) is 9.59 Å². The zero-order valence-corrected chi connectivity index (χ0v) is 11.1. The van der Waals surface area contributed by atoms with Crippen molar-refractivity contribution < 1.29 is 4.42 Å². The van der Waals surface area contributed by atoms with Crippen LogP contribution in [0.15, 0.2) is 26.4 Å².